The lowest BCUT2D eigenvalue weighted by Gasteiger charge is -2.30. The molecule has 0 aliphatic heterocycles. The topological polar surface area (TPSA) is 142 Å². The van der Waals surface area contributed by atoms with Gasteiger partial charge >= 0.3 is 5.97 Å². The number of rotatable bonds is 11. The number of nitrogens with zero attached hydrogens (tertiary/aromatic N) is 4. The van der Waals surface area contributed by atoms with E-state index in [-0.39, 0.29) is 30.0 Å². The van der Waals surface area contributed by atoms with Crippen LogP contribution in [0.15, 0.2) is 36.7 Å². The molecule has 42 heavy (non-hydrogen) atoms. The van der Waals surface area contributed by atoms with Gasteiger partial charge in [0, 0.05) is 18.7 Å². The van der Waals surface area contributed by atoms with Gasteiger partial charge < -0.3 is 20.5 Å². The summed E-state index contributed by atoms with van der Waals surface area (Å²) in [5.74, 6) is -0.128. The number of pyridine rings is 1. The molecule has 3 aromatic heterocycles. The fraction of sp³-hybridized carbons (Fsp3) is 0.516. The monoisotopic (exact) mass is 578 g/mol. The maximum absolute atomic E-state index is 14.4. The molecule has 10 nitrogen and oxygen atoms in total. The zero-order valence-electron chi connectivity index (χ0n) is 24.6. The van der Waals surface area contributed by atoms with Crippen molar-refractivity contribution in [1.29, 1.82) is 5.26 Å². The second-order valence-corrected chi connectivity index (χ2v) is 12.0. The van der Waals surface area contributed by atoms with Crippen LogP contribution in [-0.2, 0) is 9.53 Å². The van der Waals surface area contributed by atoms with Crippen LogP contribution in [0.3, 0.4) is 0 Å². The van der Waals surface area contributed by atoms with Crippen LogP contribution in [0.4, 0.5) is 10.1 Å². The number of hydrogen-bond acceptors (Lipinski definition) is 8. The van der Waals surface area contributed by atoms with Crippen molar-refractivity contribution in [3.63, 3.8) is 0 Å². The summed E-state index contributed by atoms with van der Waals surface area (Å²) < 4.78 is 21.4. The van der Waals surface area contributed by atoms with E-state index >= 15 is 0 Å². The molecule has 0 unspecified atom stereocenters. The number of fused-ring (bicyclic) bond motifs is 1. The van der Waals surface area contributed by atoms with Crippen LogP contribution in [-0.4, -0.2) is 62.5 Å². The number of carbonyl (C=O) groups excluding carboxylic acids is 2. The van der Waals surface area contributed by atoms with Gasteiger partial charge in [-0.05, 0) is 75.6 Å². The quantitative estimate of drug-likeness (QED) is 0.279. The van der Waals surface area contributed by atoms with E-state index in [1.807, 2.05) is 26.0 Å². The average Bonchev–Trinajstić information content (AvgIpc) is 3.38. The molecule has 0 spiro atoms. The van der Waals surface area contributed by atoms with Crippen LogP contribution in [0, 0.1) is 23.2 Å². The lowest BCUT2D eigenvalue weighted by Crippen LogP contribution is -2.42. The van der Waals surface area contributed by atoms with E-state index in [4.69, 9.17) is 4.74 Å². The molecule has 4 rings (SSSR count). The molecule has 1 amide bonds. The lowest BCUT2D eigenvalue weighted by molar-refractivity contribution is -0.146. The Kier molecular flexibility index (Phi) is 9.78. The number of esters is 1. The summed E-state index contributed by atoms with van der Waals surface area (Å²) in [6.07, 6.45) is 4.98. The molecule has 1 saturated carbocycles. The molecule has 1 fully saturated rings. The smallest absolute Gasteiger partial charge is 0.306 e. The van der Waals surface area contributed by atoms with Gasteiger partial charge in [-0.1, -0.05) is 13.8 Å². The maximum Gasteiger partial charge on any atom is 0.306 e. The Morgan fingerprint density at radius 1 is 1.21 bits per heavy atom. The number of nitrogens with one attached hydrogen (secondary N) is 2. The number of alkyl halides is 1. The van der Waals surface area contributed by atoms with Crippen LogP contribution in [0.2, 0.25) is 0 Å². The first kappa shape index (κ1) is 30.9. The third-order valence-electron chi connectivity index (χ3n) is 7.49. The number of halogens is 1. The highest BCUT2D eigenvalue weighted by Crippen LogP contribution is 2.32. The average molecular weight is 579 g/mol. The molecule has 1 aliphatic rings. The normalized spacial score (nSPS) is 18.0. The zero-order chi connectivity index (χ0) is 30.4. The SMILES string of the molecule is CC(C)COC(=O)CC1CCC(Nc2cc(-c3ccc4cc(C#N)cnn34)ncc2C(=O)NC[C@@H](F)C(C)(C)O)CC1. The predicted octanol–water partition coefficient (Wildman–Crippen LogP) is 4.67. The van der Waals surface area contributed by atoms with Gasteiger partial charge in [0.15, 0.2) is 0 Å². The van der Waals surface area contributed by atoms with Crippen molar-refractivity contribution in [2.75, 3.05) is 18.5 Å². The summed E-state index contributed by atoms with van der Waals surface area (Å²) in [5, 5.41) is 29.6. The minimum absolute atomic E-state index is 0.0559. The Morgan fingerprint density at radius 2 is 1.95 bits per heavy atom. The van der Waals surface area contributed by atoms with Crippen LogP contribution < -0.4 is 10.6 Å². The standard InChI is InChI=1S/C31H39FN6O4/c1-19(2)18-42-29(39)12-20-5-7-22(8-6-20)37-25-13-26(27-10-9-23-11-21(14-33)15-36-38(23)27)34-16-24(25)30(40)35-17-28(32)31(3,4)41/h9-11,13,15-16,19-20,22,28,41H,5-8,12,17-18H2,1-4H3,(H,34,37)(H,35,40)/t20?,22?,28-/m1/s1. The molecule has 0 saturated heterocycles. The molecule has 224 valence electrons. The maximum atomic E-state index is 14.4. The summed E-state index contributed by atoms with van der Waals surface area (Å²) in [5.41, 5.74) is 1.61. The van der Waals surface area contributed by atoms with Gasteiger partial charge in [0.05, 0.1) is 58.7 Å². The first-order valence-corrected chi connectivity index (χ1v) is 14.4. The van der Waals surface area contributed by atoms with Gasteiger partial charge in [-0.2, -0.15) is 10.4 Å². The largest absolute Gasteiger partial charge is 0.465 e. The van der Waals surface area contributed by atoms with E-state index < -0.39 is 17.7 Å². The van der Waals surface area contributed by atoms with E-state index in [0.29, 0.717) is 41.6 Å². The third kappa shape index (κ3) is 7.82. The van der Waals surface area contributed by atoms with E-state index in [1.165, 1.54) is 26.2 Å². The fourth-order valence-corrected chi connectivity index (χ4v) is 4.96. The second-order valence-electron chi connectivity index (χ2n) is 12.0. The molecule has 0 aromatic carbocycles. The van der Waals surface area contributed by atoms with Crippen LogP contribution in [0.5, 0.6) is 0 Å². The number of carbonyl (C=O) groups is 2. The number of nitriles is 1. The number of ether oxygens (including phenoxy) is 1. The first-order chi connectivity index (χ1) is 19.9. The highest BCUT2D eigenvalue weighted by molar-refractivity contribution is 6.00. The summed E-state index contributed by atoms with van der Waals surface area (Å²) in [6.45, 7) is 6.79. The van der Waals surface area contributed by atoms with Crippen molar-refractivity contribution in [1.82, 2.24) is 19.9 Å². The van der Waals surface area contributed by atoms with Crippen molar-refractivity contribution >= 4 is 23.1 Å². The highest BCUT2D eigenvalue weighted by atomic mass is 19.1. The van der Waals surface area contributed by atoms with Crippen molar-refractivity contribution in [2.45, 2.75) is 77.6 Å². The van der Waals surface area contributed by atoms with Gasteiger partial charge in [-0.25, -0.2) is 8.91 Å². The lowest BCUT2D eigenvalue weighted by atomic mass is 9.84. The van der Waals surface area contributed by atoms with Crippen LogP contribution in [0.25, 0.3) is 16.9 Å². The van der Waals surface area contributed by atoms with Crippen molar-refractivity contribution in [3.8, 4) is 17.5 Å². The third-order valence-corrected chi connectivity index (χ3v) is 7.49. The molecule has 3 N–H and O–H groups in total. The van der Waals surface area contributed by atoms with Crippen LogP contribution >= 0.6 is 0 Å². The van der Waals surface area contributed by atoms with Gasteiger partial charge in [-0.15, -0.1) is 0 Å². The minimum atomic E-state index is -1.65. The Balaban J connectivity index is 1.53. The van der Waals surface area contributed by atoms with Gasteiger partial charge in [0.2, 0.25) is 0 Å². The van der Waals surface area contributed by atoms with Crippen molar-refractivity contribution in [2.24, 2.45) is 11.8 Å². The Hall–Kier alpha value is -4.04. The number of aromatic nitrogens is 3. The molecule has 3 heterocycles. The van der Waals surface area contributed by atoms with E-state index in [9.17, 15) is 24.3 Å². The van der Waals surface area contributed by atoms with E-state index in [0.717, 1.165) is 31.2 Å². The second kappa shape index (κ2) is 13.3. The van der Waals surface area contributed by atoms with Crippen LogP contribution in [0.1, 0.15) is 75.7 Å². The minimum Gasteiger partial charge on any atom is -0.465 e. The number of hydrogen-bond donors (Lipinski definition) is 3. The Morgan fingerprint density at radius 3 is 2.62 bits per heavy atom. The van der Waals surface area contributed by atoms with Gasteiger partial charge in [-0.3, -0.25) is 14.6 Å². The molecule has 3 aromatic rings. The Labute approximate surface area is 245 Å². The summed E-state index contributed by atoms with van der Waals surface area (Å²) in [6, 6.07) is 9.32. The molecule has 0 bridgehead atoms. The highest BCUT2D eigenvalue weighted by Gasteiger charge is 2.28. The number of amides is 1. The fourth-order valence-electron chi connectivity index (χ4n) is 4.96. The molecular weight excluding hydrogens is 539 g/mol. The molecule has 1 atom stereocenters. The van der Waals surface area contributed by atoms with Gasteiger partial charge in [0.25, 0.3) is 5.91 Å². The van der Waals surface area contributed by atoms with E-state index in [1.54, 1.807) is 16.6 Å². The molecule has 1 aliphatic carbocycles. The summed E-state index contributed by atoms with van der Waals surface area (Å²) in [4.78, 5) is 29.9. The number of aliphatic hydroxyl groups is 1. The first-order valence-electron chi connectivity index (χ1n) is 14.4. The van der Waals surface area contributed by atoms with Crippen molar-refractivity contribution < 1.29 is 23.8 Å². The van der Waals surface area contributed by atoms with Crippen molar-refractivity contribution in [3.05, 3.63) is 47.8 Å². The zero-order valence-corrected chi connectivity index (χ0v) is 24.6. The molecule has 0 radical (unpaired) electrons. The Bertz CT molecular complexity index is 1450. The van der Waals surface area contributed by atoms with Gasteiger partial charge in [0.1, 0.15) is 12.2 Å². The summed E-state index contributed by atoms with van der Waals surface area (Å²) in [7, 11) is 0. The molecular formula is C31H39FN6O4. The molecule has 11 heteroatoms. The van der Waals surface area contributed by atoms with E-state index in [2.05, 4.69) is 26.8 Å². The number of anilines is 1. The summed E-state index contributed by atoms with van der Waals surface area (Å²) >= 11 is 0. The predicted molar refractivity (Wildman–Crippen MR) is 156 cm³/mol.